The second-order valence-electron chi connectivity index (χ2n) is 7.70. The van der Waals surface area contributed by atoms with Crippen molar-refractivity contribution in [2.45, 2.75) is 39.3 Å². The maximum atomic E-state index is 13.1. The summed E-state index contributed by atoms with van der Waals surface area (Å²) in [7, 11) is 0. The Morgan fingerprint density at radius 1 is 1.10 bits per heavy atom. The molecule has 0 aliphatic rings. The van der Waals surface area contributed by atoms with E-state index in [1.54, 1.807) is 12.3 Å². The number of nitrogens with one attached hydrogen (secondary N) is 1. The second-order valence-corrected chi connectivity index (χ2v) is 7.70. The van der Waals surface area contributed by atoms with Gasteiger partial charge < -0.3 is 5.32 Å². The van der Waals surface area contributed by atoms with Crippen molar-refractivity contribution in [3.8, 4) is 0 Å². The summed E-state index contributed by atoms with van der Waals surface area (Å²) in [5.74, 6) is 1.11. The molecule has 1 atom stereocenters. The lowest BCUT2D eigenvalue weighted by Crippen LogP contribution is -2.24. The second kappa shape index (κ2) is 9.04. The summed E-state index contributed by atoms with van der Waals surface area (Å²) in [6.07, 6.45) is 3.40. The van der Waals surface area contributed by atoms with Crippen LogP contribution in [-0.4, -0.2) is 25.8 Å². The summed E-state index contributed by atoms with van der Waals surface area (Å²) in [5.41, 5.74) is 1.67. The fourth-order valence-corrected chi connectivity index (χ4v) is 3.54. The van der Waals surface area contributed by atoms with Crippen LogP contribution < -0.4 is 10.9 Å². The maximum absolute atomic E-state index is 13.1. The zero-order valence-corrected chi connectivity index (χ0v) is 17.5. The molecule has 2 aromatic carbocycles. The van der Waals surface area contributed by atoms with E-state index < -0.39 is 0 Å². The van der Waals surface area contributed by atoms with Crippen LogP contribution in [0, 0.1) is 12.7 Å². The highest BCUT2D eigenvalue weighted by molar-refractivity contribution is 5.80. The summed E-state index contributed by atoms with van der Waals surface area (Å²) < 4.78 is 14.5. The summed E-state index contributed by atoms with van der Waals surface area (Å²) in [5, 5.41) is 9.14. The van der Waals surface area contributed by atoms with Crippen molar-refractivity contribution in [2.24, 2.45) is 0 Å². The van der Waals surface area contributed by atoms with Gasteiger partial charge in [0.25, 0.3) is 5.56 Å². The lowest BCUT2D eigenvalue weighted by molar-refractivity contribution is 0.625. The van der Waals surface area contributed by atoms with Gasteiger partial charge in [0.05, 0.1) is 23.8 Å². The fraction of sp³-hybridized carbons (Fsp3) is 0.250. The third kappa shape index (κ3) is 5.12. The highest BCUT2D eigenvalue weighted by Crippen LogP contribution is 2.13. The van der Waals surface area contributed by atoms with Crippen LogP contribution in [0.3, 0.4) is 0 Å². The first-order valence-corrected chi connectivity index (χ1v) is 10.3. The smallest absolute Gasteiger partial charge is 0.274 e. The number of nitrogens with zero attached hydrogens (tertiary/aromatic N) is 4. The van der Waals surface area contributed by atoms with Crippen molar-refractivity contribution in [3.05, 3.63) is 94.0 Å². The SMILES string of the molecule is Cc1nc(Cn2ncc3ccccc3c2=O)cc(N[C@H](C)CCc2ccc(F)cc2)n1. The fourth-order valence-electron chi connectivity index (χ4n) is 3.54. The molecule has 0 spiro atoms. The van der Waals surface area contributed by atoms with Crippen LogP contribution in [0.5, 0.6) is 0 Å². The third-order valence-electron chi connectivity index (χ3n) is 5.14. The van der Waals surface area contributed by atoms with Crippen LogP contribution in [0.4, 0.5) is 10.2 Å². The Balaban J connectivity index is 1.46. The number of hydrogen-bond donors (Lipinski definition) is 1. The molecule has 0 saturated carbocycles. The molecule has 1 N–H and O–H groups in total. The van der Waals surface area contributed by atoms with E-state index in [0.29, 0.717) is 22.7 Å². The molecule has 0 bridgehead atoms. The maximum Gasteiger partial charge on any atom is 0.274 e. The van der Waals surface area contributed by atoms with E-state index in [-0.39, 0.29) is 24.0 Å². The van der Waals surface area contributed by atoms with Gasteiger partial charge in [-0.2, -0.15) is 5.10 Å². The number of anilines is 1. The zero-order chi connectivity index (χ0) is 21.8. The molecular formula is C24H24FN5O. The molecule has 2 heterocycles. The summed E-state index contributed by atoms with van der Waals surface area (Å²) in [4.78, 5) is 21.7. The monoisotopic (exact) mass is 417 g/mol. The molecule has 0 saturated heterocycles. The van der Waals surface area contributed by atoms with Crippen LogP contribution in [0.1, 0.15) is 30.4 Å². The lowest BCUT2D eigenvalue weighted by Gasteiger charge is -2.16. The van der Waals surface area contributed by atoms with E-state index in [2.05, 4.69) is 27.3 Å². The largest absolute Gasteiger partial charge is 0.367 e. The molecule has 0 unspecified atom stereocenters. The molecule has 0 aliphatic carbocycles. The van der Waals surface area contributed by atoms with Crippen molar-refractivity contribution in [2.75, 3.05) is 5.32 Å². The molecule has 2 aromatic heterocycles. The topological polar surface area (TPSA) is 72.7 Å². The van der Waals surface area contributed by atoms with E-state index in [1.807, 2.05) is 43.3 Å². The minimum Gasteiger partial charge on any atom is -0.367 e. The molecule has 0 fully saturated rings. The predicted molar refractivity (Wildman–Crippen MR) is 120 cm³/mol. The minimum absolute atomic E-state index is 0.142. The van der Waals surface area contributed by atoms with Gasteiger partial charge in [-0.25, -0.2) is 19.0 Å². The van der Waals surface area contributed by atoms with Gasteiger partial charge in [0.2, 0.25) is 0 Å². The summed E-state index contributed by atoms with van der Waals surface area (Å²) in [6.45, 7) is 4.18. The number of rotatable bonds is 7. The van der Waals surface area contributed by atoms with E-state index >= 15 is 0 Å². The van der Waals surface area contributed by atoms with Crippen LogP contribution in [-0.2, 0) is 13.0 Å². The first-order chi connectivity index (χ1) is 15.0. The van der Waals surface area contributed by atoms with Crippen LogP contribution >= 0.6 is 0 Å². The Morgan fingerprint density at radius 3 is 2.68 bits per heavy atom. The Kier molecular flexibility index (Phi) is 6.02. The van der Waals surface area contributed by atoms with Gasteiger partial charge in [0, 0.05) is 17.5 Å². The first kappa shape index (κ1) is 20.7. The number of hydrogen-bond acceptors (Lipinski definition) is 5. The highest BCUT2D eigenvalue weighted by atomic mass is 19.1. The third-order valence-corrected chi connectivity index (χ3v) is 5.14. The molecular weight excluding hydrogens is 393 g/mol. The Labute approximate surface area is 179 Å². The van der Waals surface area contributed by atoms with Gasteiger partial charge in [-0.15, -0.1) is 0 Å². The van der Waals surface area contributed by atoms with Crippen LogP contribution in [0.2, 0.25) is 0 Å². The molecule has 0 amide bonds. The van der Waals surface area contributed by atoms with E-state index in [0.717, 1.165) is 23.8 Å². The van der Waals surface area contributed by atoms with E-state index in [1.165, 1.54) is 16.8 Å². The van der Waals surface area contributed by atoms with Crippen molar-refractivity contribution in [1.82, 2.24) is 19.7 Å². The average molecular weight is 417 g/mol. The van der Waals surface area contributed by atoms with Gasteiger partial charge in [0.1, 0.15) is 17.5 Å². The molecule has 31 heavy (non-hydrogen) atoms. The molecule has 4 aromatic rings. The first-order valence-electron chi connectivity index (χ1n) is 10.3. The van der Waals surface area contributed by atoms with E-state index in [4.69, 9.17) is 0 Å². The standard InChI is InChI=1S/C24H24FN5O/c1-16(7-8-18-9-11-20(25)12-10-18)27-23-13-21(28-17(2)29-23)15-30-24(31)22-6-4-3-5-19(22)14-26-30/h3-6,9-14,16H,7-8,15H2,1-2H3,(H,27,28,29)/t16-/m1/s1. The summed E-state index contributed by atoms with van der Waals surface area (Å²) >= 11 is 0. The van der Waals surface area contributed by atoms with Crippen LogP contribution in [0.15, 0.2) is 65.6 Å². The van der Waals surface area contributed by atoms with Gasteiger partial charge in [-0.3, -0.25) is 4.79 Å². The lowest BCUT2D eigenvalue weighted by atomic mass is 10.1. The van der Waals surface area contributed by atoms with E-state index in [9.17, 15) is 9.18 Å². The molecule has 7 heteroatoms. The van der Waals surface area contributed by atoms with Gasteiger partial charge in [-0.05, 0) is 50.5 Å². The number of fused-ring (bicyclic) bond motifs is 1. The minimum atomic E-state index is -0.223. The Bertz CT molecular complexity index is 1250. The quantitative estimate of drug-likeness (QED) is 0.490. The highest BCUT2D eigenvalue weighted by Gasteiger charge is 2.10. The number of aryl methyl sites for hydroxylation is 2. The predicted octanol–water partition coefficient (Wildman–Crippen LogP) is 4.12. The normalized spacial score (nSPS) is 12.1. The van der Waals surface area contributed by atoms with Crippen molar-refractivity contribution in [1.29, 1.82) is 0 Å². The van der Waals surface area contributed by atoms with Gasteiger partial charge in [-0.1, -0.05) is 30.3 Å². The van der Waals surface area contributed by atoms with Crippen molar-refractivity contribution >= 4 is 16.6 Å². The van der Waals surface area contributed by atoms with Crippen LogP contribution in [0.25, 0.3) is 10.8 Å². The number of aromatic nitrogens is 4. The van der Waals surface area contributed by atoms with Crippen molar-refractivity contribution < 1.29 is 4.39 Å². The zero-order valence-electron chi connectivity index (χ0n) is 17.5. The molecule has 158 valence electrons. The van der Waals surface area contributed by atoms with Gasteiger partial charge >= 0.3 is 0 Å². The molecule has 6 nitrogen and oxygen atoms in total. The number of benzene rings is 2. The summed E-state index contributed by atoms with van der Waals surface area (Å²) in [6, 6.07) is 16.0. The molecule has 0 radical (unpaired) electrons. The number of halogens is 1. The van der Waals surface area contributed by atoms with Crippen molar-refractivity contribution in [3.63, 3.8) is 0 Å². The molecule has 0 aliphatic heterocycles. The van der Waals surface area contributed by atoms with Gasteiger partial charge in [0.15, 0.2) is 0 Å². The molecule has 4 rings (SSSR count). The Hall–Kier alpha value is -3.61. The Morgan fingerprint density at radius 2 is 1.87 bits per heavy atom. The average Bonchev–Trinajstić information content (AvgIpc) is 2.75.